The highest BCUT2D eigenvalue weighted by atomic mass is 16.5. The summed E-state index contributed by atoms with van der Waals surface area (Å²) in [5.41, 5.74) is 0. The fraction of sp³-hybridized carbons (Fsp3) is 0.727. The highest BCUT2D eigenvalue weighted by Crippen LogP contribution is 2.02. The number of carbonyl (C=O) groups is 3. The Morgan fingerprint density at radius 3 is 2.31 bits per heavy atom. The maximum atomic E-state index is 11.5. The second-order valence-corrected chi connectivity index (χ2v) is 3.44. The van der Waals surface area contributed by atoms with E-state index in [0.717, 1.165) is 12.8 Å². The molecule has 0 spiro atoms. The first-order valence-electron chi connectivity index (χ1n) is 5.49. The summed E-state index contributed by atoms with van der Waals surface area (Å²) in [6.07, 6.45) is 1.75. The van der Waals surface area contributed by atoms with E-state index in [1.165, 1.54) is 6.92 Å². The zero-order valence-corrected chi connectivity index (χ0v) is 10.0. The van der Waals surface area contributed by atoms with E-state index in [2.05, 4.69) is 10.1 Å². The van der Waals surface area contributed by atoms with Gasteiger partial charge in [0.2, 0.25) is 5.91 Å². The maximum Gasteiger partial charge on any atom is 0.326 e. The fourth-order valence-corrected chi connectivity index (χ4v) is 1.17. The number of ketones is 1. The summed E-state index contributed by atoms with van der Waals surface area (Å²) in [7, 11) is 0. The number of Topliss-reactive ketones (excluding diaryl/α,β-unsaturated/α-hetero) is 1. The summed E-state index contributed by atoms with van der Waals surface area (Å²) in [5, 5.41) is 2.54. The van der Waals surface area contributed by atoms with Gasteiger partial charge in [-0.2, -0.15) is 0 Å². The lowest BCUT2D eigenvalue weighted by Crippen LogP contribution is -2.40. The number of nitrogens with one attached hydrogen (secondary N) is 1. The number of ether oxygens (including phenoxy) is 1. The Hall–Kier alpha value is -1.39. The standard InChI is InChI=1S/C11H19NO4/c1-4-6-7-12-10(14)9(8(3)13)11(15)16-5-2/h9H,4-7H2,1-3H3,(H,12,14). The predicted octanol–water partition coefficient (Wildman–Crippen LogP) is 0.671. The van der Waals surface area contributed by atoms with Crippen LogP contribution in [0.3, 0.4) is 0 Å². The smallest absolute Gasteiger partial charge is 0.326 e. The Kier molecular flexibility index (Phi) is 7.16. The molecule has 1 unspecified atom stereocenters. The van der Waals surface area contributed by atoms with Crippen molar-refractivity contribution in [1.29, 1.82) is 0 Å². The van der Waals surface area contributed by atoms with E-state index < -0.39 is 23.6 Å². The molecule has 0 aliphatic heterocycles. The molecule has 0 fully saturated rings. The van der Waals surface area contributed by atoms with Crippen LogP contribution in [0.5, 0.6) is 0 Å². The third-order valence-electron chi connectivity index (χ3n) is 2.02. The first kappa shape index (κ1) is 14.6. The average molecular weight is 229 g/mol. The number of carbonyl (C=O) groups excluding carboxylic acids is 3. The van der Waals surface area contributed by atoms with Crippen molar-refractivity contribution in [2.24, 2.45) is 5.92 Å². The minimum Gasteiger partial charge on any atom is -0.465 e. The van der Waals surface area contributed by atoms with Crippen molar-refractivity contribution in [1.82, 2.24) is 5.32 Å². The molecule has 0 aliphatic carbocycles. The van der Waals surface area contributed by atoms with Crippen LogP contribution in [0.1, 0.15) is 33.6 Å². The van der Waals surface area contributed by atoms with Gasteiger partial charge in [-0.05, 0) is 20.3 Å². The molecule has 0 heterocycles. The van der Waals surface area contributed by atoms with E-state index in [9.17, 15) is 14.4 Å². The van der Waals surface area contributed by atoms with E-state index in [4.69, 9.17) is 0 Å². The maximum absolute atomic E-state index is 11.5. The lowest BCUT2D eigenvalue weighted by molar-refractivity contribution is -0.154. The van der Waals surface area contributed by atoms with Crippen LogP contribution in [0.25, 0.3) is 0 Å². The van der Waals surface area contributed by atoms with Gasteiger partial charge in [0.1, 0.15) is 0 Å². The van der Waals surface area contributed by atoms with Gasteiger partial charge >= 0.3 is 5.97 Å². The van der Waals surface area contributed by atoms with Gasteiger partial charge in [-0.1, -0.05) is 13.3 Å². The molecule has 0 bridgehead atoms. The Bertz CT molecular complexity index is 263. The lowest BCUT2D eigenvalue weighted by atomic mass is 10.0. The van der Waals surface area contributed by atoms with Gasteiger partial charge in [0.25, 0.3) is 0 Å². The van der Waals surface area contributed by atoms with Gasteiger partial charge in [-0.25, -0.2) is 0 Å². The molecule has 1 amide bonds. The van der Waals surface area contributed by atoms with Crippen molar-refractivity contribution >= 4 is 17.7 Å². The second-order valence-electron chi connectivity index (χ2n) is 3.44. The number of unbranched alkanes of at least 4 members (excludes halogenated alkanes) is 1. The lowest BCUT2D eigenvalue weighted by Gasteiger charge is -2.12. The predicted molar refractivity (Wildman–Crippen MR) is 58.7 cm³/mol. The van der Waals surface area contributed by atoms with Crippen LogP contribution < -0.4 is 5.32 Å². The van der Waals surface area contributed by atoms with Crippen molar-refractivity contribution in [3.63, 3.8) is 0 Å². The van der Waals surface area contributed by atoms with E-state index in [1.807, 2.05) is 6.92 Å². The first-order valence-corrected chi connectivity index (χ1v) is 5.49. The molecule has 0 aromatic heterocycles. The number of rotatable bonds is 7. The SMILES string of the molecule is CCCCNC(=O)C(C(C)=O)C(=O)OCC. The van der Waals surface area contributed by atoms with Gasteiger partial charge in [0.05, 0.1) is 6.61 Å². The molecule has 0 radical (unpaired) electrons. The molecule has 0 rings (SSSR count). The summed E-state index contributed by atoms with van der Waals surface area (Å²) in [4.78, 5) is 34.1. The van der Waals surface area contributed by atoms with Crippen LogP contribution in [-0.2, 0) is 19.1 Å². The van der Waals surface area contributed by atoms with Crippen LogP contribution in [0.15, 0.2) is 0 Å². The fourth-order valence-electron chi connectivity index (χ4n) is 1.17. The molecule has 0 aliphatic rings. The van der Waals surface area contributed by atoms with Crippen molar-refractivity contribution in [3.8, 4) is 0 Å². The molecule has 92 valence electrons. The summed E-state index contributed by atoms with van der Waals surface area (Å²) < 4.78 is 4.67. The summed E-state index contributed by atoms with van der Waals surface area (Å²) in [6, 6.07) is 0. The zero-order valence-electron chi connectivity index (χ0n) is 10.0. The Morgan fingerprint density at radius 2 is 1.88 bits per heavy atom. The molecule has 16 heavy (non-hydrogen) atoms. The molecular formula is C11H19NO4. The Balaban J connectivity index is 4.36. The minimum atomic E-state index is -1.32. The Labute approximate surface area is 95.5 Å². The highest BCUT2D eigenvalue weighted by molar-refractivity contribution is 6.15. The van der Waals surface area contributed by atoms with E-state index in [-0.39, 0.29) is 6.61 Å². The largest absolute Gasteiger partial charge is 0.465 e. The topological polar surface area (TPSA) is 72.5 Å². The van der Waals surface area contributed by atoms with Crippen molar-refractivity contribution in [3.05, 3.63) is 0 Å². The Morgan fingerprint density at radius 1 is 1.25 bits per heavy atom. The first-order chi connectivity index (χ1) is 7.54. The average Bonchev–Trinajstić information content (AvgIpc) is 2.18. The molecule has 1 atom stereocenters. The number of esters is 1. The number of hydrogen-bond acceptors (Lipinski definition) is 4. The van der Waals surface area contributed by atoms with Crippen LogP contribution in [-0.4, -0.2) is 30.8 Å². The third kappa shape index (κ3) is 4.91. The van der Waals surface area contributed by atoms with Gasteiger partial charge in [0.15, 0.2) is 11.7 Å². The van der Waals surface area contributed by atoms with Gasteiger partial charge in [-0.3, -0.25) is 14.4 Å². The zero-order chi connectivity index (χ0) is 12.6. The van der Waals surface area contributed by atoms with Crippen molar-refractivity contribution in [2.45, 2.75) is 33.6 Å². The van der Waals surface area contributed by atoms with Crippen LogP contribution in [0, 0.1) is 5.92 Å². The highest BCUT2D eigenvalue weighted by Gasteiger charge is 2.32. The van der Waals surface area contributed by atoms with Crippen molar-refractivity contribution in [2.75, 3.05) is 13.2 Å². The third-order valence-corrected chi connectivity index (χ3v) is 2.02. The second kappa shape index (κ2) is 7.84. The molecule has 0 aromatic rings. The van der Waals surface area contributed by atoms with Gasteiger partial charge in [-0.15, -0.1) is 0 Å². The molecule has 5 heteroatoms. The molecule has 1 N–H and O–H groups in total. The molecule has 0 aromatic carbocycles. The summed E-state index contributed by atoms with van der Waals surface area (Å²) in [5.74, 6) is -3.16. The number of amides is 1. The van der Waals surface area contributed by atoms with Gasteiger partial charge in [0, 0.05) is 6.54 Å². The van der Waals surface area contributed by atoms with Crippen molar-refractivity contribution < 1.29 is 19.1 Å². The normalized spacial score (nSPS) is 11.7. The monoisotopic (exact) mass is 229 g/mol. The number of hydrogen-bond donors (Lipinski definition) is 1. The van der Waals surface area contributed by atoms with Gasteiger partial charge < -0.3 is 10.1 Å². The minimum absolute atomic E-state index is 0.158. The quantitative estimate of drug-likeness (QED) is 0.395. The van der Waals surface area contributed by atoms with E-state index in [1.54, 1.807) is 6.92 Å². The molecular weight excluding hydrogens is 210 g/mol. The summed E-state index contributed by atoms with van der Waals surface area (Å²) >= 11 is 0. The molecule has 0 saturated heterocycles. The molecule has 5 nitrogen and oxygen atoms in total. The molecule has 0 saturated carbocycles. The summed E-state index contributed by atoms with van der Waals surface area (Å²) in [6.45, 7) is 5.45. The van der Waals surface area contributed by atoms with E-state index in [0.29, 0.717) is 6.54 Å². The van der Waals surface area contributed by atoms with E-state index >= 15 is 0 Å². The van der Waals surface area contributed by atoms with Crippen LogP contribution >= 0.6 is 0 Å². The van der Waals surface area contributed by atoms with Crippen LogP contribution in [0.2, 0.25) is 0 Å². The van der Waals surface area contributed by atoms with Crippen LogP contribution in [0.4, 0.5) is 0 Å².